The Balaban J connectivity index is 1.84. The highest BCUT2D eigenvalue weighted by Crippen LogP contribution is 2.27. The lowest BCUT2D eigenvalue weighted by Crippen LogP contribution is -2.01. The summed E-state index contributed by atoms with van der Waals surface area (Å²) in [5.74, 6) is 0.0511. The Morgan fingerprint density at radius 1 is 1.08 bits per heavy atom. The molecule has 0 aromatic carbocycles. The number of carbonyl (C=O) groups is 1. The van der Waals surface area contributed by atoms with Crippen LogP contribution in [0.15, 0.2) is 43.0 Å². The first-order valence-corrected chi connectivity index (χ1v) is 7.89. The molecule has 4 heterocycles. The second-order valence-corrected chi connectivity index (χ2v) is 5.82. The van der Waals surface area contributed by atoms with Crippen LogP contribution in [0.25, 0.3) is 33.1 Å². The Kier molecular flexibility index (Phi) is 3.34. The highest BCUT2D eigenvalue weighted by molar-refractivity contribution is 6.04. The molecular weight excluding hydrogens is 300 g/mol. The van der Waals surface area contributed by atoms with Gasteiger partial charge in [0.15, 0.2) is 5.78 Å². The summed E-state index contributed by atoms with van der Waals surface area (Å²) >= 11 is 0. The van der Waals surface area contributed by atoms with Gasteiger partial charge >= 0.3 is 0 Å². The Morgan fingerprint density at radius 2 is 1.96 bits per heavy atom. The summed E-state index contributed by atoms with van der Waals surface area (Å²) in [6.07, 6.45) is 7.78. The zero-order valence-electron chi connectivity index (χ0n) is 13.5. The van der Waals surface area contributed by atoms with E-state index in [9.17, 15) is 4.79 Å². The van der Waals surface area contributed by atoms with Crippen LogP contribution in [0.4, 0.5) is 0 Å². The standard InChI is InChI=1S/C19H16N4O/c1-3-18(24)17-6-11(2)14(9-22-17)16-7-12-8-23-19-13(4-5-20-19)15(12)10-21-16/h4-10H,3H2,1-2H3,(H,20,23). The topological polar surface area (TPSA) is 71.5 Å². The number of aryl methyl sites for hydroxylation is 1. The first kappa shape index (κ1) is 14.5. The average molecular weight is 316 g/mol. The van der Waals surface area contributed by atoms with Gasteiger partial charge in [-0.3, -0.25) is 14.8 Å². The number of aromatic nitrogens is 4. The molecular formula is C19H16N4O. The van der Waals surface area contributed by atoms with Gasteiger partial charge in [-0.1, -0.05) is 6.92 Å². The van der Waals surface area contributed by atoms with Crippen LogP contribution in [0, 0.1) is 6.92 Å². The molecule has 0 saturated heterocycles. The quantitative estimate of drug-likeness (QED) is 0.578. The van der Waals surface area contributed by atoms with E-state index in [1.54, 1.807) is 6.20 Å². The number of pyridine rings is 3. The number of hydrogen-bond acceptors (Lipinski definition) is 4. The predicted octanol–water partition coefficient (Wildman–Crippen LogP) is 4.07. The van der Waals surface area contributed by atoms with Gasteiger partial charge in [0, 0.05) is 52.9 Å². The Morgan fingerprint density at radius 3 is 2.75 bits per heavy atom. The fourth-order valence-electron chi connectivity index (χ4n) is 2.93. The largest absolute Gasteiger partial charge is 0.346 e. The lowest BCUT2D eigenvalue weighted by Gasteiger charge is -2.08. The molecule has 0 aliphatic heterocycles. The lowest BCUT2D eigenvalue weighted by molar-refractivity contribution is 0.0983. The van der Waals surface area contributed by atoms with E-state index in [-0.39, 0.29) is 5.78 Å². The van der Waals surface area contributed by atoms with E-state index in [0.29, 0.717) is 12.1 Å². The summed E-state index contributed by atoms with van der Waals surface area (Å²) in [4.78, 5) is 28.2. The molecule has 1 N–H and O–H groups in total. The smallest absolute Gasteiger partial charge is 0.180 e. The fourth-order valence-corrected chi connectivity index (χ4v) is 2.93. The van der Waals surface area contributed by atoms with Crippen LogP contribution in [-0.2, 0) is 0 Å². The molecule has 5 heteroatoms. The minimum absolute atomic E-state index is 0.0511. The number of nitrogens with zero attached hydrogens (tertiary/aromatic N) is 3. The number of carbonyl (C=O) groups excluding carboxylic acids is 1. The van der Waals surface area contributed by atoms with Crippen molar-refractivity contribution in [3.8, 4) is 11.3 Å². The number of nitrogens with one attached hydrogen (secondary N) is 1. The van der Waals surface area contributed by atoms with Crippen LogP contribution < -0.4 is 0 Å². The van der Waals surface area contributed by atoms with Gasteiger partial charge in [0.1, 0.15) is 11.3 Å². The highest BCUT2D eigenvalue weighted by atomic mass is 16.1. The van der Waals surface area contributed by atoms with Gasteiger partial charge in [0.25, 0.3) is 0 Å². The molecule has 0 unspecified atom stereocenters. The zero-order valence-corrected chi connectivity index (χ0v) is 13.5. The van der Waals surface area contributed by atoms with Gasteiger partial charge in [-0.25, -0.2) is 4.98 Å². The highest BCUT2D eigenvalue weighted by Gasteiger charge is 2.11. The van der Waals surface area contributed by atoms with E-state index < -0.39 is 0 Å². The number of hydrogen-bond donors (Lipinski definition) is 1. The molecule has 0 aliphatic carbocycles. The van der Waals surface area contributed by atoms with Gasteiger partial charge < -0.3 is 4.98 Å². The van der Waals surface area contributed by atoms with Crippen molar-refractivity contribution in [1.29, 1.82) is 0 Å². The second kappa shape index (κ2) is 5.53. The molecule has 118 valence electrons. The Hall–Kier alpha value is -3.08. The average Bonchev–Trinajstić information content (AvgIpc) is 3.09. The number of rotatable bonds is 3. The van der Waals surface area contributed by atoms with Crippen molar-refractivity contribution in [2.45, 2.75) is 20.3 Å². The molecule has 0 saturated carbocycles. The van der Waals surface area contributed by atoms with Crippen molar-refractivity contribution < 1.29 is 4.79 Å². The fraction of sp³-hybridized carbons (Fsp3) is 0.158. The molecule has 0 spiro atoms. The van der Waals surface area contributed by atoms with E-state index in [4.69, 9.17) is 0 Å². The SMILES string of the molecule is CCC(=O)c1cc(C)c(-c2cc3cnc4[nH]ccc4c3cn2)cn1. The summed E-state index contributed by atoms with van der Waals surface area (Å²) in [7, 11) is 0. The normalized spacial score (nSPS) is 11.2. The molecule has 0 amide bonds. The molecule has 0 radical (unpaired) electrons. The minimum Gasteiger partial charge on any atom is -0.346 e. The van der Waals surface area contributed by atoms with Gasteiger partial charge in [-0.05, 0) is 30.7 Å². The van der Waals surface area contributed by atoms with E-state index in [2.05, 4.69) is 19.9 Å². The maximum Gasteiger partial charge on any atom is 0.180 e. The first-order valence-electron chi connectivity index (χ1n) is 7.89. The zero-order chi connectivity index (χ0) is 16.7. The van der Waals surface area contributed by atoms with Crippen LogP contribution >= 0.6 is 0 Å². The summed E-state index contributed by atoms with van der Waals surface area (Å²) in [5.41, 5.74) is 4.12. The molecule has 4 rings (SSSR count). The maximum absolute atomic E-state index is 11.8. The summed E-state index contributed by atoms with van der Waals surface area (Å²) in [5, 5.41) is 3.15. The van der Waals surface area contributed by atoms with E-state index >= 15 is 0 Å². The Bertz CT molecular complexity index is 1080. The van der Waals surface area contributed by atoms with Crippen molar-refractivity contribution in [3.63, 3.8) is 0 Å². The molecule has 0 bridgehead atoms. The van der Waals surface area contributed by atoms with Crippen LogP contribution in [-0.4, -0.2) is 25.7 Å². The summed E-state index contributed by atoms with van der Waals surface area (Å²) in [6.45, 7) is 3.82. The number of ketones is 1. The number of H-pyrrole nitrogens is 1. The molecule has 0 aliphatic rings. The first-order chi connectivity index (χ1) is 11.7. The third-order valence-electron chi connectivity index (χ3n) is 4.28. The molecule has 0 atom stereocenters. The van der Waals surface area contributed by atoms with E-state index in [1.807, 2.05) is 50.6 Å². The van der Waals surface area contributed by atoms with E-state index in [1.165, 1.54) is 0 Å². The molecule has 0 fully saturated rings. The monoisotopic (exact) mass is 316 g/mol. The van der Waals surface area contributed by atoms with Gasteiger partial charge in [0.05, 0.1) is 5.69 Å². The molecule has 24 heavy (non-hydrogen) atoms. The summed E-state index contributed by atoms with van der Waals surface area (Å²) < 4.78 is 0. The van der Waals surface area contributed by atoms with Crippen molar-refractivity contribution in [1.82, 2.24) is 19.9 Å². The number of fused-ring (bicyclic) bond motifs is 3. The van der Waals surface area contributed by atoms with Gasteiger partial charge in [0.2, 0.25) is 0 Å². The van der Waals surface area contributed by atoms with Crippen molar-refractivity contribution in [2.75, 3.05) is 0 Å². The lowest BCUT2D eigenvalue weighted by atomic mass is 10.0. The van der Waals surface area contributed by atoms with Crippen LogP contribution in [0.1, 0.15) is 29.4 Å². The van der Waals surface area contributed by atoms with Gasteiger partial charge in [-0.15, -0.1) is 0 Å². The third kappa shape index (κ3) is 2.25. The number of Topliss-reactive ketones (excluding diaryl/α,β-unsaturated/α-hetero) is 1. The third-order valence-corrected chi connectivity index (χ3v) is 4.28. The Labute approximate surface area is 138 Å². The molecule has 4 aromatic rings. The molecule has 4 aromatic heterocycles. The van der Waals surface area contributed by atoms with Crippen molar-refractivity contribution in [3.05, 3.63) is 54.2 Å². The predicted molar refractivity (Wildman–Crippen MR) is 94.0 cm³/mol. The molecule has 5 nitrogen and oxygen atoms in total. The van der Waals surface area contributed by atoms with Crippen molar-refractivity contribution >= 4 is 27.6 Å². The minimum atomic E-state index is 0.0511. The maximum atomic E-state index is 11.8. The summed E-state index contributed by atoms with van der Waals surface area (Å²) in [6, 6.07) is 5.85. The second-order valence-electron chi connectivity index (χ2n) is 5.82. The van der Waals surface area contributed by atoms with Gasteiger partial charge in [-0.2, -0.15) is 0 Å². The van der Waals surface area contributed by atoms with Crippen LogP contribution in [0.5, 0.6) is 0 Å². The van der Waals surface area contributed by atoms with Crippen molar-refractivity contribution in [2.24, 2.45) is 0 Å². The van der Waals surface area contributed by atoms with Crippen LogP contribution in [0.2, 0.25) is 0 Å². The van der Waals surface area contributed by atoms with E-state index in [0.717, 1.165) is 38.6 Å². The number of aromatic amines is 1. The van der Waals surface area contributed by atoms with Crippen LogP contribution in [0.3, 0.4) is 0 Å².